The van der Waals surface area contributed by atoms with Gasteiger partial charge in [0.1, 0.15) is 5.76 Å². The zero-order valence-corrected chi connectivity index (χ0v) is 6.40. The number of hydrogen-bond donors (Lipinski definition) is 1. The Hall–Kier alpha value is -0.470. The van der Waals surface area contributed by atoms with Gasteiger partial charge in [-0.25, -0.2) is 0 Å². The summed E-state index contributed by atoms with van der Waals surface area (Å²) in [5.41, 5.74) is 5.31. The summed E-state index contributed by atoms with van der Waals surface area (Å²) in [5, 5.41) is 0.451. The van der Waals surface area contributed by atoms with E-state index in [1.54, 1.807) is 6.07 Å². The second-order valence-electron chi connectivity index (χ2n) is 2.10. The topological polar surface area (TPSA) is 39.2 Å². The highest BCUT2D eigenvalue weighted by molar-refractivity contribution is 6.28. The molecule has 10 heavy (non-hydrogen) atoms. The van der Waals surface area contributed by atoms with Crippen LogP contribution in [0, 0.1) is 0 Å². The minimum absolute atomic E-state index is 0.451. The molecule has 1 heterocycles. The van der Waals surface area contributed by atoms with Crippen molar-refractivity contribution in [1.82, 2.24) is 0 Å². The second kappa shape index (κ2) is 3.64. The summed E-state index contributed by atoms with van der Waals surface area (Å²) in [6.45, 7) is 0.693. The van der Waals surface area contributed by atoms with Crippen LogP contribution in [0.1, 0.15) is 12.2 Å². The minimum Gasteiger partial charge on any atom is -0.450 e. The van der Waals surface area contributed by atoms with E-state index in [1.165, 1.54) is 0 Å². The Balaban J connectivity index is 2.42. The number of aryl methyl sites for hydroxylation is 1. The Morgan fingerprint density at radius 2 is 2.30 bits per heavy atom. The Morgan fingerprint density at radius 3 is 2.80 bits per heavy atom. The highest BCUT2D eigenvalue weighted by Crippen LogP contribution is 2.13. The van der Waals surface area contributed by atoms with Crippen LogP contribution in [0.2, 0.25) is 5.22 Å². The molecule has 0 aromatic carbocycles. The van der Waals surface area contributed by atoms with E-state index in [0.717, 1.165) is 18.6 Å². The molecule has 2 nitrogen and oxygen atoms in total. The number of nitrogens with two attached hydrogens (primary N) is 1. The zero-order valence-electron chi connectivity index (χ0n) is 5.64. The first-order valence-corrected chi connectivity index (χ1v) is 3.65. The van der Waals surface area contributed by atoms with Crippen LogP contribution < -0.4 is 5.73 Å². The van der Waals surface area contributed by atoms with Crippen LogP contribution in [0.4, 0.5) is 0 Å². The van der Waals surface area contributed by atoms with Crippen LogP contribution in [0.5, 0.6) is 0 Å². The van der Waals surface area contributed by atoms with Gasteiger partial charge in [0.25, 0.3) is 0 Å². The van der Waals surface area contributed by atoms with Gasteiger partial charge in [0.05, 0.1) is 0 Å². The normalized spacial score (nSPS) is 10.2. The Labute approximate surface area is 65.0 Å². The lowest BCUT2D eigenvalue weighted by molar-refractivity contribution is 0.505. The fraction of sp³-hybridized carbons (Fsp3) is 0.429. The number of hydrogen-bond acceptors (Lipinski definition) is 2. The van der Waals surface area contributed by atoms with Gasteiger partial charge in [-0.1, -0.05) is 0 Å². The predicted molar refractivity (Wildman–Crippen MR) is 41.1 cm³/mol. The van der Waals surface area contributed by atoms with Crippen molar-refractivity contribution in [3.63, 3.8) is 0 Å². The van der Waals surface area contributed by atoms with E-state index in [4.69, 9.17) is 21.8 Å². The van der Waals surface area contributed by atoms with Crippen LogP contribution in [-0.2, 0) is 6.42 Å². The van der Waals surface area contributed by atoms with E-state index < -0.39 is 0 Å². The molecular weight excluding hydrogens is 150 g/mol. The lowest BCUT2D eigenvalue weighted by Gasteiger charge is -1.91. The standard InChI is InChI=1S/C7H10ClNO/c8-7-4-3-6(10-7)2-1-5-9/h3-4H,1-2,5,9H2. The third kappa shape index (κ3) is 2.05. The number of halogens is 1. The summed E-state index contributed by atoms with van der Waals surface area (Å²) in [6.07, 6.45) is 1.83. The Bertz CT molecular complexity index is 197. The molecule has 0 spiro atoms. The van der Waals surface area contributed by atoms with E-state index in [0.29, 0.717) is 11.8 Å². The van der Waals surface area contributed by atoms with Crippen molar-refractivity contribution in [3.8, 4) is 0 Å². The van der Waals surface area contributed by atoms with Crippen LogP contribution >= 0.6 is 11.6 Å². The van der Waals surface area contributed by atoms with Crippen molar-refractivity contribution < 1.29 is 4.42 Å². The average Bonchev–Trinajstić information content (AvgIpc) is 2.31. The smallest absolute Gasteiger partial charge is 0.193 e. The van der Waals surface area contributed by atoms with Gasteiger partial charge < -0.3 is 10.2 Å². The van der Waals surface area contributed by atoms with Crippen molar-refractivity contribution in [2.45, 2.75) is 12.8 Å². The van der Waals surface area contributed by atoms with Crippen LogP contribution in [0.3, 0.4) is 0 Å². The summed E-state index contributed by atoms with van der Waals surface area (Å²) in [4.78, 5) is 0. The summed E-state index contributed by atoms with van der Waals surface area (Å²) in [5.74, 6) is 0.912. The first-order valence-electron chi connectivity index (χ1n) is 3.27. The van der Waals surface area contributed by atoms with Crippen molar-refractivity contribution in [2.75, 3.05) is 6.54 Å². The van der Waals surface area contributed by atoms with Crippen LogP contribution in [0.15, 0.2) is 16.5 Å². The first-order chi connectivity index (χ1) is 4.83. The fourth-order valence-corrected chi connectivity index (χ4v) is 0.924. The quantitative estimate of drug-likeness (QED) is 0.731. The maximum atomic E-state index is 5.54. The van der Waals surface area contributed by atoms with E-state index in [1.807, 2.05) is 6.07 Å². The molecule has 0 saturated heterocycles. The van der Waals surface area contributed by atoms with E-state index in [9.17, 15) is 0 Å². The highest BCUT2D eigenvalue weighted by atomic mass is 35.5. The predicted octanol–water partition coefficient (Wildman–Crippen LogP) is 1.82. The third-order valence-corrected chi connectivity index (χ3v) is 1.46. The highest BCUT2D eigenvalue weighted by Gasteiger charge is 1.97. The largest absolute Gasteiger partial charge is 0.450 e. The molecule has 0 amide bonds. The summed E-state index contributed by atoms with van der Waals surface area (Å²) in [6, 6.07) is 3.62. The fourth-order valence-electron chi connectivity index (χ4n) is 0.762. The average molecular weight is 160 g/mol. The molecule has 3 heteroatoms. The van der Waals surface area contributed by atoms with Gasteiger partial charge in [0, 0.05) is 6.42 Å². The van der Waals surface area contributed by atoms with Crippen LogP contribution in [0.25, 0.3) is 0 Å². The molecule has 0 fully saturated rings. The van der Waals surface area contributed by atoms with Crippen molar-refractivity contribution in [2.24, 2.45) is 5.73 Å². The van der Waals surface area contributed by atoms with E-state index in [-0.39, 0.29) is 0 Å². The summed E-state index contributed by atoms with van der Waals surface area (Å²) < 4.78 is 5.10. The molecule has 0 unspecified atom stereocenters. The number of furan rings is 1. The molecule has 0 aliphatic carbocycles. The van der Waals surface area contributed by atoms with Gasteiger partial charge in [0.15, 0.2) is 5.22 Å². The molecule has 0 bridgehead atoms. The first kappa shape index (κ1) is 7.63. The monoisotopic (exact) mass is 159 g/mol. The van der Waals surface area contributed by atoms with Crippen molar-refractivity contribution in [1.29, 1.82) is 0 Å². The number of rotatable bonds is 3. The molecule has 0 aliphatic rings. The van der Waals surface area contributed by atoms with Gasteiger partial charge >= 0.3 is 0 Å². The maximum absolute atomic E-state index is 5.54. The van der Waals surface area contributed by atoms with Gasteiger partial charge in [-0.15, -0.1) is 0 Å². The van der Waals surface area contributed by atoms with Gasteiger partial charge in [-0.2, -0.15) is 0 Å². The van der Waals surface area contributed by atoms with Gasteiger partial charge in [-0.3, -0.25) is 0 Å². The zero-order chi connectivity index (χ0) is 7.40. The lowest BCUT2D eigenvalue weighted by Crippen LogP contribution is -1.99. The van der Waals surface area contributed by atoms with E-state index in [2.05, 4.69) is 0 Å². The molecular formula is C7H10ClNO. The maximum Gasteiger partial charge on any atom is 0.193 e. The summed E-state index contributed by atoms with van der Waals surface area (Å²) >= 11 is 5.54. The second-order valence-corrected chi connectivity index (χ2v) is 2.47. The van der Waals surface area contributed by atoms with E-state index >= 15 is 0 Å². The van der Waals surface area contributed by atoms with Gasteiger partial charge in [-0.05, 0) is 36.7 Å². The summed E-state index contributed by atoms with van der Waals surface area (Å²) in [7, 11) is 0. The molecule has 0 aliphatic heterocycles. The van der Waals surface area contributed by atoms with Crippen molar-refractivity contribution >= 4 is 11.6 Å². The molecule has 1 aromatic heterocycles. The molecule has 1 aromatic rings. The Kier molecular flexibility index (Phi) is 2.78. The molecule has 0 saturated carbocycles. The molecule has 0 atom stereocenters. The SMILES string of the molecule is NCCCc1ccc(Cl)o1. The molecule has 56 valence electrons. The molecule has 2 N–H and O–H groups in total. The molecule has 1 rings (SSSR count). The van der Waals surface area contributed by atoms with Crippen molar-refractivity contribution in [3.05, 3.63) is 23.1 Å². The lowest BCUT2D eigenvalue weighted by atomic mass is 10.2. The van der Waals surface area contributed by atoms with Crippen LogP contribution in [-0.4, -0.2) is 6.54 Å². The minimum atomic E-state index is 0.451. The Morgan fingerprint density at radius 1 is 1.50 bits per heavy atom. The third-order valence-electron chi connectivity index (χ3n) is 1.26. The molecule has 0 radical (unpaired) electrons. The van der Waals surface area contributed by atoms with Gasteiger partial charge in [0.2, 0.25) is 0 Å².